The molecule has 7 nitrogen and oxygen atoms in total. The van der Waals surface area contributed by atoms with Crippen molar-refractivity contribution in [3.8, 4) is 0 Å². The van der Waals surface area contributed by atoms with Crippen LogP contribution in [0, 0.1) is 5.82 Å². The lowest BCUT2D eigenvalue weighted by molar-refractivity contribution is 0.0223. The van der Waals surface area contributed by atoms with Crippen LogP contribution in [0.1, 0.15) is 54.7 Å². The standard InChI is InChI=1S/C27H29FN2O5/c1-5-34-25(32)20-16-30(22-8-6-7-21(28)23(22)24(20)31)14-17-9-10-18-11-12-29(15-19(18)13-17)26(33)35-27(2,3)4/h6-10,13,16H,5,11-12,14-15H2,1-4H3. The van der Waals surface area contributed by atoms with Crippen molar-refractivity contribution in [2.24, 2.45) is 0 Å². The minimum Gasteiger partial charge on any atom is -0.462 e. The predicted octanol–water partition coefficient (Wildman–Crippen LogP) is 4.66. The Kier molecular flexibility index (Phi) is 6.65. The maximum absolute atomic E-state index is 14.6. The van der Waals surface area contributed by atoms with Gasteiger partial charge in [-0.05, 0) is 62.9 Å². The molecule has 0 bridgehead atoms. The topological polar surface area (TPSA) is 77.8 Å². The van der Waals surface area contributed by atoms with Crippen molar-refractivity contribution in [2.45, 2.75) is 52.8 Å². The molecule has 35 heavy (non-hydrogen) atoms. The zero-order valence-corrected chi connectivity index (χ0v) is 20.4. The summed E-state index contributed by atoms with van der Waals surface area (Å²) >= 11 is 0. The van der Waals surface area contributed by atoms with Crippen molar-refractivity contribution in [2.75, 3.05) is 13.2 Å². The van der Waals surface area contributed by atoms with Crippen LogP contribution < -0.4 is 5.43 Å². The number of pyridine rings is 1. The van der Waals surface area contributed by atoms with E-state index in [-0.39, 0.29) is 23.6 Å². The minimum absolute atomic E-state index is 0.104. The first-order chi connectivity index (χ1) is 16.6. The van der Waals surface area contributed by atoms with Gasteiger partial charge in [0.1, 0.15) is 17.0 Å². The Morgan fingerprint density at radius 1 is 1.11 bits per heavy atom. The van der Waals surface area contributed by atoms with Crippen LogP contribution in [-0.2, 0) is 29.0 Å². The Hall–Kier alpha value is -3.68. The molecule has 0 aliphatic carbocycles. The molecule has 0 saturated heterocycles. The van der Waals surface area contributed by atoms with Crippen LogP contribution in [0.15, 0.2) is 47.4 Å². The van der Waals surface area contributed by atoms with Crippen molar-refractivity contribution in [1.29, 1.82) is 0 Å². The van der Waals surface area contributed by atoms with E-state index in [0.717, 1.165) is 16.7 Å². The Morgan fingerprint density at radius 2 is 1.89 bits per heavy atom. The van der Waals surface area contributed by atoms with Gasteiger partial charge in [0.15, 0.2) is 0 Å². The molecule has 184 valence electrons. The van der Waals surface area contributed by atoms with Crippen molar-refractivity contribution >= 4 is 23.0 Å². The van der Waals surface area contributed by atoms with Crippen LogP contribution in [0.4, 0.5) is 9.18 Å². The number of fused-ring (bicyclic) bond motifs is 2. The molecule has 1 amide bonds. The molecule has 2 heterocycles. The van der Waals surface area contributed by atoms with Crippen LogP contribution in [0.3, 0.4) is 0 Å². The molecule has 2 aromatic carbocycles. The Bertz CT molecular complexity index is 1360. The average Bonchev–Trinajstić information content (AvgIpc) is 2.79. The molecule has 0 unspecified atom stereocenters. The molecule has 0 saturated carbocycles. The first-order valence-electron chi connectivity index (χ1n) is 11.6. The van der Waals surface area contributed by atoms with Gasteiger partial charge >= 0.3 is 12.1 Å². The molecule has 0 atom stereocenters. The maximum atomic E-state index is 14.6. The number of nitrogens with zero attached hydrogens (tertiary/aromatic N) is 2. The second-order valence-corrected chi connectivity index (χ2v) is 9.61. The van der Waals surface area contributed by atoms with Gasteiger partial charge in [0.2, 0.25) is 5.43 Å². The Balaban J connectivity index is 1.69. The molecule has 0 spiro atoms. The van der Waals surface area contributed by atoms with Gasteiger partial charge in [-0.25, -0.2) is 14.0 Å². The van der Waals surface area contributed by atoms with Crippen molar-refractivity contribution in [3.63, 3.8) is 0 Å². The zero-order valence-electron chi connectivity index (χ0n) is 20.4. The number of esters is 1. The van der Waals surface area contributed by atoms with Gasteiger partial charge in [-0.2, -0.15) is 0 Å². The van der Waals surface area contributed by atoms with Crippen molar-refractivity contribution in [1.82, 2.24) is 9.47 Å². The number of carbonyl (C=O) groups excluding carboxylic acids is 2. The van der Waals surface area contributed by atoms with Crippen molar-refractivity contribution < 1.29 is 23.5 Å². The molecule has 1 aliphatic rings. The number of ether oxygens (including phenoxy) is 2. The Morgan fingerprint density at radius 3 is 2.60 bits per heavy atom. The molecule has 1 aromatic heterocycles. The van der Waals surface area contributed by atoms with Gasteiger partial charge in [0, 0.05) is 25.8 Å². The number of hydrogen-bond donors (Lipinski definition) is 0. The molecular formula is C27H29FN2O5. The summed E-state index contributed by atoms with van der Waals surface area (Å²) in [5.74, 6) is -1.47. The summed E-state index contributed by atoms with van der Waals surface area (Å²) in [7, 11) is 0. The van der Waals surface area contributed by atoms with Crippen LogP contribution in [0.25, 0.3) is 10.9 Å². The highest BCUT2D eigenvalue weighted by Crippen LogP contribution is 2.24. The van der Waals surface area contributed by atoms with E-state index in [1.807, 2.05) is 39.0 Å². The summed E-state index contributed by atoms with van der Waals surface area (Å²) in [5, 5.41) is -0.146. The van der Waals surface area contributed by atoms with E-state index in [1.54, 1.807) is 22.5 Å². The summed E-state index contributed by atoms with van der Waals surface area (Å²) in [6.45, 7) is 8.55. The molecule has 1 aliphatic heterocycles. The van der Waals surface area contributed by atoms with E-state index < -0.39 is 22.8 Å². The number of amides is 1. The molecule has 4 rings (SSSR count). The number of hydrogen-bond acceptors (Lipinski definition) is 5. The summed E-state index contributed by atoms with van der Waals surface area (Å²) in [4.78, 5) is 39.5. The lowest BCUT2D eigenvalue weighted by Crippen LogP contribution is -2.39. The molecule has 0 radical (unpaired) electrons. The fraction of sp³-hybridized carbons (Fsp3) is 0.370. The van der Waals surface area contributed by atoms with Gasteiger partial charge < -0.3 is 18.9 Å². The highest BCUT2D eigenvalue weighted by Gasteiger charge is 2.26. The number of benzene rings is 2. The quantitative estimate of drug-likeness (QED) is 0.508. The predicted molar refractivity (Wildman–Crippen MR) is 130 cm³/mol. The molecular weight excluding hydrogens is 451 g/mol. The molecule has 3 aromatic rings. The third kappa shape index (κ3) is 5.21. The van der Waals surface area contributed by atoms with Crippen LogP contribution in [0.2, 0.25) is 0 Å². The summed E-state index contributed by atoms with van der Waals surface area (Å²) in [6, 6.07) is 10.4. The lowest BCUT2D eigenvalue weighted by atomic mass is 9.97. The fourth-order valence-corrected chi connectivity index (χ4v) is 4.27. The highest BCUT2D eigenvalue weighted by atomic mass is 19.1. The fourth-order valence-electron chi connectivity index (χ4n) is 4.27. The third-order valence-corrected chi connectivity index (χ3v) is 5.84. The Labute approximate surface area is 203 Å². The van der Waals surface area contributed by atoms with E-state index in [0.29, 0.717) is 31.6 Å². The second kappa shape index (κ2) is 9.52. The van der Waals surface area contributed by atoms with E-state index >= 15 is 0 Å². The molecule has 8 heteroatoms. The van der Waals surface area contributed by atoms with Crippen molar-refractivity contribution in [3.05, 3.63) is 80.9 Å². The van der Waals surface area contributed by atoms with Crippen LogP contribution in [0.5, 0.6) is 0 Å². The first kappa shape index (κ1) is 24.4. The summed E-state index contributed by atoms with van der Waals surface area (Å²) in [5.41, 5.74) is 1.95. The zero-order chi connectivity index (χ0) is 25.3. The minimum atomic E-state index is -0.783. The second-order valence-electron chi connectivity index (χ2n) is 9.61. The lowest BCUT2D eigenvalue weighted by Gasteiger charge is -2.31. The molecule has 0 N–H and O–H groups in total. The first-order valence-corrected chi connectivity index (χ1v) is 11.6. The van der Waals surface area contributed by atoms with Crippen LogP contribution in [-0.4, -0.2) is 40.3 Å². The van der Waals surface area contributed by atoms with Gasteiger partial charge in [0.25, 0.3) is 0 Å². The highest BCUT2D eigenvalue weighted by molar-refractivity contribution is 5.94. The summed E-state index contributed by atoms with van der Waals surface area (Å²) in [6.07, 6.45) is 1.79. The smallest absolute Gasteiger partial charge is 0.410 e. The summed E-state index contributed by atoms with van der Waals surface area (Å²) < 4.78 is 26.9. The number of halogens is 1. The van der Waals surface area contributed by atoms with Gasteiger partial charge in [-0.15, -0.1) is 0 Å². The average molecular weight is 481 g/mol. The van der Waals surface area contributed by atoms with E-state index in [9.17, 15) is 18.8 Å². The van der Waals surface area contributed by atoms with E-state index in [4.69, 9.17) is 9.47 Å². The van der Waals surface area contributed by atoms with Gasteiger partial charge in [-0.3, -0.25) is 4.79 Å². The molecule has 0 fully saturated rings. The number of rotatable bonds is 4. The third-order valence-electron chi connectivity index (χ3n) is 5.84. The largest absolute Gasteiger partial charge is 0.462 e. The SMILES string of the molecule is CCOC(=O)c1cn(Cc2ccc3c(c2)CN(C(=O)OC(C)(C)C)CC3)c2cccc(F)c2c1=O. The van der Waals surface area contributed by atoms with Gasteiger partial charge in [-0.1, -0.05) is 24.3 Å². The normalized spacial score (nSPS) is 13.5. The maximum Gasteiger partial charge on any atom is 0.410 e. The monoisotopic (exact) mass is 480 g/mol. The van der Waals surface area contributed by atoms with Crippen LogP contribution >= 0.6 is 0 Å². The van der Waals surface area contributed by atoms with E-state index in [1.165, 1.54) is 18.3 Å². The van der Waals surface area contributed by atoms with Gasteiger partial charge in [0.05, 0.1) is 17.5 Å². The number of aromatic nitrogens is 1. The number of carbonyl (C=O) groups is 2. The van der Waals surface area contributed by atoms with E-state index in [2.05, 4.69) is 0 Å².